The van der Waals surface area contributed by atoms with Crippen molar-refractivity contribution in [2.24, 2.45) is 0 Å². The van der Waals surface area contributed by atoms with Gasteiger partial charge in [-0.2, -0.15) is 5.10 Å². The van der Waals surface area contributed by atoms with Gasteiger partial charge in [-0.3, -0.25) is 9.89 Å². The van der Waals surface area contributed by atoms with Gasteiger partial charge in [-0.1, -0.05) is 26.0 Å². The molecule has 1 fully saturated rings. The fraction of sp³-hybridized carbons (Fsp3) is 0.444. The molecule has 1 aromatic heterocycles. The molecule has 0 saturated heterocycles. The zero-order chi connectivity index (χ0) is 16.6. The standard InChI is InChI=1S/C18H23N3O2/c1-11(2)14-10-16(21-20-14)19-17(22)18(7-8-18)13-6-5-12(3)15(9-13)23-4/h5-6,9-11H,7-8H2,1-4H3,(H2,19,20,21,22). The molecule has 23 heavy (non-hydrogen) atoms. The maximum Gasteiger partial charge on any atom is 0.236 e. The molecule has 3 rings (SSSR count). The van der Waals surface area contributed by atoms with Crippen molar-refractivity contribution < 1.29 is 9.53 Å². The number of methoxy groups -OCH3 is 1. The van der Waals surface area contributed by atoms with E-state index in [1.807, 2.05) is 31.2 Å². The van der Waals surface area contributed by atoms with Gasteiger partial charge in [0, 0.05) is 11.8 Å². The summed E-state index contributed by atoms with van der Waals surface area (Å²) in [6.45, 7) is 6.17. The molecule has 5 nitrogen and oxygen atoms in total. The van der Waals surface area contributed by atoms with E-state index in [1.54, 1.807) is 7.11 Å². The Morgan fingerprint density at radius 2 is 2.09 bits per heavy atom. The lowest BCUT2D eigenvalue weighted by Crippen LogP contribution is -2.28. The van der Waals surface area contributed by atoms with E-state index in [0.717, 1.165) is 35.4 Å². The fourth-order valence-electron chi connectivity index (χ4n) is 2.82. The minimum Gasteiger partial charge on any atom is -0.496 e. The summed E-state index contributed by atoms with van der Waals surface area (Å²) >= 11 is 0. The lowest BCUT2D eigenvalue weighted by molar-refractivity contribution is -0.118. The van der Waals surface area contributed by atoms with Crippen LogP contribution in [0.3, 0.4) is 0 Å². The van der Waals surface area contributed by atoms with Crippen LogP contribution in [0.5, 0.6) is 5.75 Å². The number of anilines is 1. The molecule has 1 heterocycles. The first-order valence-electron chi connectivity index (χ1n) is 7.98. The van der Waals surface area contributed by atoms with Crippen LogP contribution in [0.15, 0.2) is 24.3 Å². The number of aromatic nitrogens is 2. The molecular weight excluding hydrogens is 290 g/mol. The molecule has 1 aliphatic rings. The van der Waals surface area contributed by atoms with Gasteiger partial charge in [-0.25, -0.2) is 0 Å². The number of benzene rings is 1. The molecule has 0 aliphatic heterocycles. The van der Waals surface area contributed by atoms with Gasteiger partial charge in [0.25, 0.3) is 0 Å². The number of nitrogens with one attached hydrogen (secondary N) is 2. The van der Waals surface area contributed by atoms with Crippen LogP contribution in [-0.2, 0) is 10.2 Å². The van der Waals surface area contributed by atoms with Crippen LogP contribution in [-0.4, -0.2) is 23.2 Å². The number of ether oxygens (including phenoxy) is 1. The van der Waals surface area contributed by atoms with Crippen molar-refractivity contribution >= 4 is 11.7 Å². The number of aryl methyl sites for hydroxylation is 1. The van der Waals surface area contributed by atoms with E-state index >= 15 is 0 Å². The highest BCUT2D eigenvalue weighted by Gasteiger charge is 2.51. The smallest absolute Gasteiger partial charge is 0.236 e. The van der Waals surface area contributed by atoms with Crippen LogP contribution in [0.1, 0.15) is 49.4 Å². The number of nitrogens with zero attached hydrogens (tertiary/aromatic N) is 1. The normalized spacial score (nSPS) is 15.5. The largest absolute Gasteiger partial charge is 0.496 e. The third kappa shape index (κ3) is 2.83. The van der Waals surface area contributed by atoms with Crippen molar-refractivity contribution in [1.82, 2.24) is 10.2 Å². The highest BCUT2D eigenvalue weighted by atomic mass is 16.5. The van der Waals surface area contributed by atoms with E-state index in [4.69, 9.17) is 4.74 Å². The summed E-state index contributed by atoms with van der Waals surface area (Å²) in [5.41, 5.74) is 2.65. The van der Waals surface area contributed by atoms with Crippen molar-refractivity contribution in [2.45, 2.75) is 44.9 Å². The average molecular weight is 313 g/mol. The molecule has 1 saturated carbocycles. The molecule has 0 radical (unpaired) electrons. The van der Waals surface area contributed by atoms with Gasteiger partial charge < -0.3 is 10.1 Å². The summed E-state index contributed by atoms with van der Waals surface area (Å²) < 4.78 is 5.39. The van der Waals surface area contributed by atoms with Crippen molar-refractivity contribution in [1.29, 1.82) is 0 Å². The summed E-state index contributed by atoms with van der Waals surface area (Å²) in [6.07, 6.45) is 1.71. The zero-order valence-corrected chi connectivity index (χ0v) is 14.1. The number of H-pyrrole nitrogens is 1. The summed E-state index contributed by atoms with van der Waals surface area (Å²) in [7, 11) is 1.66. The third-order valence-corrected chi connectivity index (χ3v) is 4.61. The highest BCUT2D eigenvalue weighted by molar-refractivity contribution is 6.01. The summed E-state index contributed by atoms with van der Waals surface area (Å²) in [5.74, 6) is 1.77. The number of aromatic amines is 1. The van der Waals surface area contributed by atoms with Crippen LogP contribution in [0.2, 0.25) is 0 Å². The van der Waals surface area contributed by atoms with Gasteiger partial charge in [0.15, 0.2) is 5.82 Å². The van der Waals surface area contributed by atoms with E-state index in [9.17, 15) is 4.79 Å². The van der Waals surface area contributed by atoms with E-state index in [1.165, 1.54) is 0 Å². The molecule has 0 atom stereocenters. The maximum absolute atomic E-state index is 12.8. The first-order valence-corrected chi connectivity index (χ1v) is 7.98. The van der Waals surface area contributed by atoms with Crippen molar-refractivity contribution in [3.05, 3.63) is 41.1 Å². The summed E-state index contributed by atoms with van der Waals surface area (Å²) in [5, 5.41) is 10.1. The summed E-state index contributed by atoms with van der Waals surface area (Å²) in [6, 6.07) is 7.90. The molecule has 1 aromatic carbocycles. The van der Waals surface area contributed by atoms with Crippen LogP contribution in [0.25, 0.3) is 0 Å². The molecule has 0 unspecified atom stereocenters. The number of carbonyl (C=O) groups is 1. The monoisotopic (exact) mass is 313 g/mol. The summed E-state index contributed by atoms with van der Waals surface area (Å²) in [4.78, 5) is 12.8. The fourth-order valence-corrected chi connectivity index (χ4v) is 2.82. The average Bonchev–Trinajstić information content (AvgIpc) is 3.21. The van der Waals surface area contributed by atoms with E-state index in [2.05, 4.69) is 29.4 Å². The Morgan fingerprint density at radius 3 is 2.65 bits per heavy atom. The third-order valence-electron chi connectivity index (χ3n) is 4.61. The van der Waals surface area contributed by atoms with Gasteiger partial charge >= 0.3 is 0 Å². The number of hydrogen-bond acceptors (Lipinski definition) is 3. The Kier molecular flexibility index (Phi) is 3.88. The minimum absolute atomic E-state index is 0.00483. The molecule has 0 spiro atoms. The molecule has 122 valence electrons. The minimum atomic E-state index is -0.447. The highest BCUT2D eigenvalue weighted by Crippen LogP contribution is 2.49. The van der Waals surface area contributed by atoms with E-state index < -0.39 is 5.41 Å². The lowest BCUT2D eigenvalue weighted by atomic mass is 9.93. The van der Waals surface area contributed by atoms with Crippen LogP contribution in [0, 0.1) is 6.92 Å². The zero-order valence-electron chi connectivity index (χ0n) is 14.1. The van der Waals surface area contributed by atoms with Crippen molar-refractivity contribution in [2.75, 3.05) is 12.4 Å². The van der Waals surface area contributed by atoms with E-state index in [0.29, 0.717) is 11.7 Å². The van der Waals surface area contributed by atoms with Gasteiger partial charge in [-0.05, 0) is 42.9 Å². The van der Waals surface area contributed by atoms with E-state index in [-0.39, 0.29) is 5.91 Å². The predicted octanol–water partition coefficient (Wildman–Crippen LogP) is 3.52. The Hall–Kier alpha value is -2.30. The molecule has 0 bridgehead atoms. The SMILES string of the molecule is COc1cc(C2(C(=O)Nc3cc(C(C)C)[nH]n3)CC2)ccc1C. The number of rotatable bonds is 5. The lowest BCUT2D eigenvalue weighted by Gasteiger charge is -2.16. The molecule has 2 aromatic rings. The molecule has 2 N–H and O–H groups in total. The second-order valence-corrected chi connectivity index (χ2v) is 6.58. The maximum atomic E-state index is 12.8. The predicted molar refractivity (Wildman–Crippen MR) is 89.9 cm³/mol. The Balaban J connectivity index is 1.81. The van der Waals surface area contributed by atoms with Crippen molar-refractivity contribution in [3.63, 3.8) is 0 Å². The first-order chi connectivity index (χ1) is 11.0. The van der Waals surface area contributed by atoms with Gasteiger partial charge in [-0.15, -0.1) is 0 Å². The first kappa shape index (κ1) is 15.6. The molecule has 5 heteroatoms. The molecular formula is C18H23N3O2. The van der Waals surface area contributed by atoms with Gasteiger partial charge in [0.05, 0.1) is 12.5 Å². The Morgan fingerprint density at radius 1 is 1.35 bits per heavy atom. The van der Waals surface area contributed by atoms with Crippen LogP contribution >= 0.6 is 0 Å². The Bertz CT molecular complexity index is 730. The number of carbonyl (C=O) groups excluding carboxylic acids is 1. The van der Waals surface area contributed by atoms with Gasteiger partial charge in [0.2, 0.25) is 5.91 Å². The number of hydrogen-bond donors (Lipinski definition) is 2. The topological polar surface area (TPSA) is 67.0 Å². The number of amides is 1. The second-order valence-electron chi connectivity index (χ2n) is 6.58. The molecule has 1 amide bonds. The Labute approximate surface area is 136 Å². The van der Waals surface area contributed by atoms with Crippen LogP contribution in [0.4, 0.5) is 5.82 Å². The van der Waals surface area contributed by atoms with Crippen molar-refractivity contribution in [3.8, 4) is 5.75 Å². The molecule has 1 aliphatic carbocycles. The van der Waals surface area contributed by atoms with Gasteiger partial charge in [0.1, 0.15) is 5.75 Å². The quantitative estimate of drug-likeness (QED) is 0.887. The second kappa shape index (κ2) is 5.72. The van der Waals surface area contributed by atoms with Crippen LogP contribution < -0.4 is 10.1 Å².